The normalized spacial score (nSPS) is 12.0. The number of nitrogens with zero attached hydrogens (tertiary/aromatic N) is 5. The maximum absolute atomic E-state index is 11.2. The van der Waals surface area contributed by atoms with E-state index < -0.39 is 0 Å². The molecule has 0 atom stereocenters. The van der Waals surface area contributed by atoms with Crippen molar-refractivity contribution in [3.8, 4) is 6.07 Å². The van der Waals surface area contributed by atoms with Gasteiger partial charge in [-0.25, -0.2) is 9.98 Å². The second kappa shape index (κ2) is 17.9. The molecule has 0 saturated heterocycles. The number of nitrogens with one attached hydrogen (secondary N) is 1. The van der Waals surface area contributed by atoms with E-state index >= 15 is 0 Å². The molecule has 0 spiro atoms. The number of anilines is 1. The molecule has 2 N–H and O–H groups in total. The molecule has 208 valence electrons. The zero-order valence-corrected chi connectivity index (χ0v) is 23.6. The van der Waals surface area contributed by atoms with Crippen molar-refractivity contribution in [2.24, 2.45) is 12.0 Å². The molecule has 0 radical (unpaired) electrons. The SMILES string of the molecule is C=CN=C(/C=C\C)N(C)CCC(=O)OCC.C=c1/c(=C\C(=C/C)CO)nc(CNc2ccc(C#N)cc2)n1C. The second-order valence-corrected chi connectivity index (χ2v) is 8.27. The largest absolute Gasteiger partial charge is 0.466 e. The maximum atomic E-state index is 11.2. The van der Waals surface area contributed by atoms with Gasteiger partial charge in [0.1, 0.15) is 11.7 Å². The highest BCUT2D eigenvalue weighted by atomic mass is 16.5. The summed E-state index contributed by atoms with van der Waals surface area (Å²) >= 11 is 0. The Kier molecular flexibility index (Phi) is 15.0. The monoisotopic (exact) mass is 532 g/mol. The first-order valence-electron chi connectivity index (χ1n) is 12.6. The van der Waals surface area contributed by atoms with Gasteiger partial charge in [-0.15, -0.1) is 0 Å². The lowest BCUT2D eigenvalue weighted by Crippen LogP contribution is -2.28. The average Bonchev–Trinajstić information content (AvgIpc) is 3.21. The van der Waals surface area contributed by atoms with Crippen molar-refractivity contribution < 1.29 is 14.6 Å². The quantitative estimate of drug-likeness (QED) is 0.260. The number of hydrogen-bond acceptors (Lipinski definition) is 7. The molecule has 39 heavy (non-hydrogen) atoms. The predicted molar refractivity (Wildman–Crippen MR) is 158 cm³/mol. The Morgan fingerprint density at radius 2 is 2.03 bits per heavy atom. The average molecular weight is 533 g/mol. The van der Waals surface area contributed by atoms with Crippen molar-refractivity contribution >= 4 is 30.1 Å². The van der Waals surface area contributed by atoms with Gasteiger partial charge in [-0.1, -0.05) is 25.3 Å². The first kappa shape index (κ1) is 32.6. The predicted octanol–water partition coefficient (Wildman–Crippen LogP) is 3.02. The molecular formula is C30H40N6O3. The smallest absolute Gasteiger partial charge is 0.307 e. The van der Waals surface area contributed by atoms with E-state index in [1.54, 1.807) is 19.1 Å². The summed E-state index contributed by atoms with van der Waals surface area (Å²) in [6.07, 6.45) is 9.29. The van der Waals surface area contributed by atoms with Crippen LogP contribution < -0.4 is 16.0 Å². The Morgan fingerprint density at radius 1 is 1.33 bits per heavy atom. The van der Waals surface area contributed by atoms with Gasteiger partial charge >= 0.3 is 5.97 Å². The number of imidazole rings is 1. The summed E-state index contributed by atoms with van der Waals surface area (Å²) < 4.78 is 6.77. The van der Waals surface area contributed by atoms with Crippen LogP contribution in [0.4, 0.5) is 5.69 Å². The van der Waals surface area contributed by atoms with Crippen LogP contribution in [-0.4, -0.2) is 58.2 Å². The number of carbonyl (C=O) groups excluding carboxylic acids is 1. The topological polar surface area (TPSA) is 116 Å². The molecule has 1 aromatic heterocycles. The minimum absolute atomic E-state index is 0.0225. The highest BCUT2D eigenvalue weighted by Gasteiger charge is 2.07. The number of aliphatic hydroxyl groups is 1. The number of aromatic nitrogens is 2. The summed E-state index contributed by atoms with van der Waals surface area (Å²) in [5, 5.41) is 22.9. The molecule has 0 bridgehead atoms. The number of nitriles is 1. The van der Waals surface area contributed by atoms with E-state index in [1.165, 1.54) is 6.20 Å². The molecular weight excluding hydrogens is 492 g/mol. The van der Waals surface area contributed by atoms with E-state index in [0.29, 0.717) is 31.7 Å². The fraction of sp³-hybridized carbons (Fsp3) is 0.333. The van der Waals surface area contributed by atoms with Gasteiger partial charge in [0.15, 0.2) is 0 Å². The fourth-order valence-corrected chi connectivity index (χ4v) is 3.24. The summed E-state index contributed by atoms with van der Waals surface area (Å²) in [6, 6.07) is 9.36. The first-order valence-corrected chi connectivity index (χ1v) is 12.6. The molecule has 0 aliphatic heterocycles. The zero-order chi connectivity index (χ0) is 29.2. The number of benzene rings is 1. The minimum atomic E-state index is -0.187. The Labute approximate surface area is 231 Å². The van der Waals surface area contributed by atoms with Crippen LogP contribution in [0.25, 0.3) is 12.7 Å². The number of hydrogen-bond donors (Lipinski definition) is 2. The molecule has 9 nitrogen and oxygen atoms in total. The maximum Gasteiger partial charge on any atom is 0.307 e. The van der Waals surface area contributed by atoms with Crippen molar-refractivity contribution in [1.29, 1.82) is 5.26 Å². The van der Waals surface area contributed by atoms with Gasteiger partial charge in [-0.2, -0.15) is 5.26 Å². The molecule has 0 fully saturated rings. The van der Waals surface area contributed by atoms with Gasteiger partial charge in [0.2, 0.25) is 0 Å². The highest BCUT2D eigenvalue weighted by Crippen LogP contribution is 2.09. The summed E-state index contributed by atoms with van der Waals surface area (Å²) in [5.41, 5.74) is 2.36. The number of aliphatic hydroxyl groups excluding tert-OH is 1. The zero-order valence-electron chi connectivity index (χ0n) is 23.6. The van der Waals surface area contributed by atoms with Crippen LogP contribution in [-0.2, 0) is 23.1 Å². The Bertz CT molecular complexity index is 1310. The Balaban J connectivity index is 0.000000420. The summed E-state index contributed by atoms with van der Waals surface area (Å²) in [5.74, 6) is 1.44. The molecule has 2 aromatic rings. The van der Waals surface area contributed by atoms with Crippen LogP contribution in [0.5, 0.6) is 0 Å². The minimum Gasteiger partial charge on any atom is -0.466 e. The van der Waals surface area contributed by atoms with Crippen molar-refractivity contribution in [3.05, 3.63) is 82.9 Å². The lowest BCUT2D eigenvalue weighted by Gasteiger charge is -2.17. The van der Waals surface area contributed by atoms with Crippen molar-refractivity contribution in [2.45, 2.75) is 33.7 Å². The summed E-state index contributed by atoms with van der Waals surface area (Å²) in [7, 11) is 3.79. The van der Waals surface area contributed by atoms with Gasteiger partial charge in [0, 0.05) is 32.5 Å². The number of ether oxygens (including phenoxy) is 1. The number of likely N-dealkylation sites (N-methyl/N-ethyl adjacent to an activating group) is 1. The molecule has 2 rings (SSSR count). The van der Waals surface area contributed by atoms with Crippen LogP contribution in [0.2, 0.25) is 0 Å². The highest BCUT2D eigenvalue weighted by molar-refractivity contribution is 5.93. The van der Waals surface area contributed by atoms with E-state index in [-0.39, 0.29) is 12.6 Å². The Morgan fingerprint density at radius 3 is 2.56 bits per heavy atom. The first-order chi connectivity index (χ1) is 18.7. The third-order valence-corrected chi connectivity index (χ3v) is 5.56. The third-order valence-electron chi connectivity index (χ3n) is 5.56. The van der Waals surface area contributed by atoms with Crippen LogP contribution >= 0.6 is 0 Å². The summed E-state index contributed by atoms with van der Waals surface area (Å²) in [6.45, 7) is 14.7. The lowest BCUT2D eigenvalue weighted by atomic mass is 10.2. The van der Waals surface area contributed by atoms with E-state index in [0.717, 1.165) is 33.6 Å². The van der Waals surface area contributed by atoms with E-state index in [9.17, 15) is 9.90 Å². The van der Waals surface area contributed by atoms with Gasteiger partial charge in [0.25, 0.3) is 0 Å². The number of amidine groups is 1. The van der Waals surface area contributed by atoms with Gasteiger partial charge < -0.3 is 24.6 Å². The van der Waals surface area contributed by atoms with E-state index in [2.05, 4.69) is 34.5 Å². The van der Waals surface area contributed by atoms with Crippen LogP contribution in [0.15, 0.2) is 65.8 Å². The molecule has 9 heteroatoms. The third kappa shape index (κ3) is 11.2. The Hall–Kier alpha value is -4.42. The van der Waals surface area contributed by atoms with Gasteiger partial charge in [-0.3, -0.25) is 4.79 Å². The van der Waals surface area contributed by atoms with Crippen molar-refractivity contribution in [1.82, 2.24) is 14.5 Å². The van der Waals surface area contributed by atoms with E-state index in [1.807, 2.05) is 73.8 Å². The van der Waals surface area contributed by atoms with Crippen LogP contribution in [0.1, 0.15) is 38.6 Å². The molecule has 1 aromatic carbocycles. The van der Waals surface area contributed by atoms with Crippen molar-refractivity contribution in [2.75, 3.05) is 32.1 Å². The second-order valence-electron chi connectivity index (χ2n) is 8.27. The number of carbonyl (C=O) groups is 1. The number of rotatable bonds is 11. The molecule has 0 unspecified atom stereocenters. The fourth-order valence-electron chi connectivity index (χ4n) is 3.24. The lowest BCUT2D eigenvalue weighted by molar-refractivity contribution is -0.143. The number of aliphatic imine (C=N–C) groups is 1. The van der Waals surface area contributed by atoms with E-state index in [4.69, 9.17) is 10.00 Å². The standard InChI is InChI=1S/C18H20N4O.C12H20N2O2/c1-4-14(12-23)9-17-13(2)22(3)18(21-17)11-20-16-7-5-15(10-19)6-8-16;1-5-8-11(13-6-2)14(4)10-9-12(15)16-7-3/h4-9,20,23H,2,11-12H2,1,3H3;5-6,8H,2,7,9-10H2,1,3-4H3/b14-4+,17-9+;8-5-,13-11?. The molecule has 0 aliphatic carbocycles. The molecule has 0 saturated carbocycles. The number of esters is 1. The van der Waals surface area contributed by atoms with Crippen LogP contribution in [0, 0.1) is 11.3 Å². The van der Waals surface area contributed by atoms with Crippen molar-refractivity contribution in [3.63, 3.8) is 0 Å². The van der Waals surface area contributed by atoms with Gasteiger partial charge in [0.05, 0.1) is 48.5 Å². The van der Waals surface area contributed by atoms with Crippen LogP contribution in [0.3, 0.4) is 0 Å². The molecule has 0 amide bonds. The molecule has 1 heterocycles. The summed E-state index contributed by atoms with van der Waals surface area (Å²) in [4.78, 5) is 21.7. The molecule has 0 aliphatic rings. The van der Waals surface area contributed by atoms with Gasteiger partial charge in [-0.05, 0) is 62.8 Å². The number of allylic oxidation sites excluding steroid dienone is 2.